The Morgan fingerprint density at radius 3 is 2.50 bits per heavy atom. The van der Waals surface area contributed by atoms with Crippen LogP contribution >= 0.6 is 22.9 Å². The molecule has 0 radical (unpaired) electrons. The zero-order chi connectivity index (χ0) is 16.9. The molecule has 3 rings (SSSR count). The van der Waals surface area contributed by atoms with Crippen molar-refractivity contribution in [3.63, 3.8) is 0 Å². The van der Waals surface area contributed by atoms with Gasteiger partial charge in [-0.05, 0) is 24.3 Å². The van der Waals surface area contributed by atoms with Gasteiger partial charge in [0.25, 0.3) is 5.91 Å². The monoisotopic (exact) mass is 364 g/mol. The van der Waals surface area contributed by atoms with E-state index in [2.05, 4.69) is 10.3 Å². The van der Waals surface area contributed by atoms with Crippen LogP contribution in [0.1, 0.15) is 10.4 Å². The average Bonchev–Trinajstić information content (AvgIpc) is 3.08. The Balaban J connectivity index is 1.47. The maximum Gasteiger partial charge on any atom is 0.253 e. The molecule has 2 heterocycles. The number of piperazine rings is 1. The van der Waals surface area contributed by atoms with Crippen LogP contribution in [0.15, 0.2) is 35.8 Å². The van der Waals surface area contributed by atoms with Crippen molar-refractivity contribution in [2.24, 2.45) is 0 Å². The van der Waals surface area contributed by atoms with Crippen molar-refractivity contribution < 1.29 is 9.59 Å². The molecule has 1 aromatic carbocycles. The quantitative estimate of drug-likeness (QED) is 0.903. The summed E-state index contributed by atoms with van der Waals surface area (Å²) in [5, 5.41) is 5.81. The third-order valence-corrected chi connectivity index (χ3v) is 4.74. The minimum Gasteiger partial charge on any atom is -0.336 e. The molecule has 0 bridgehead atoms. The Morgan fingerprint density at radius 2 is 1.88 bits per heavy atom. The number of thiazole rings is 1. The number of benzene rings is 1. The molecule has 0 spiro atoms. The first-order valence-corrected chi connectivity index (χ1v) is 8.84. The van der Waals surface area contributed by atoms with Gasteiger partial charge in [-0.2, -0.15) is 0 Å². The molecule has 1 fully saturated rings. The molecule has 1 aliphatic heterocycles. The van der Waals surface area contributed by atoms with Crippen LogP contribution in [0, 0.1) is 0 Å². The number of carbonyl (C=O) groups is 2. The number of amides is 2. The summed E-state index contributed by atoms with van der Waals surface area (Å²) in [4.78, 5) is 32.3. The lowest BCUT2D eigenvalue weighted by atomic mass is 10.2. The van der Waals surface area contributed by atoms with Gasteiger partial charge in [0.2, 0.25) is 5.91 Å². The fourth-order valence-corrected chi connectivity index (χ4v) is 3.20. The molecular formula is C16H17ClN4O2S. The van der Waals surface area contributed by atoms with Gasteiger partial charge in [0, 0.05) is 48.3 Å². The second kappa shape index (κ2) is 7.74. The maximum absolute atomic E-state index is 12.4. The van der Waals surface area contributed by atoms with Gasteiger partial charge in [-0.25, -0.2) is 4.98 Å². The van der Waals surface area contributed by atoms with Crippen LogP contribution in [0.2, 0.25) is 5.02 Å². The average molecular weight is 365 g/mol. The van der Waals surface area contributed by atoms with Crippen LogP contribution in [0.25, 0.3) is 0 Å². The van der Waals surface area contributed by atoms with Gasteiger partial charge in [-0.15, -0.1) is 11.3 Å². The summed E-state index contributed by atoms with van der Waals surface area (Å²) < 4.78 is 0. The van der Waals surface area contributed by atoms with E-state index in [-0.39, 0.29) is 11.8 Å². The van der Waals surface area contributed by atoms with E-state index in [0.29, 0.717) is 48.4 Å². The van der Waals surface area contributed by atoms with E-state index in [1.165, 1.54) is 11.3 Å². The molecule has 2 aromatic rings. The minimum absolute atomic E-state index is 0.00134. The van der Waals surface area contributed by atoms with E-state index in [1.807, 2.05) is 10.3 Å². The van der Waals surface area contributed by atoms with Crippen molar-refractivity contribution >= 4 is 39.9 Å². The Kier molecular flexibility index (Phi) is 5.44. The zero-order valence-corrected chi connectivity index (χ0v) is 14.5. The summed E-state index contributed by atoms with van der Waals surface area (Å²) in [5.74, 6) is -0.0824. The Labute approximate surface area is 149 Å². The van der Waals surface area contributed by atoms with Crippen molar-refractivity contribution in [3.05, 3.63) is 46.4 Å². The van der Waals surface area contributed by atoms with Crippen molar-refractivity contribution in [1.82, 2.24) is 14.8 Å². The highest BCUT2D eigenvalue weighted by Crippen LogP contribution is 2.14. The predicted molar refractivity (Wildman–Crippen MR) is 94.5 cm³/mol. The molecule has 0 unspecified atom stereocenters. The van der Waals surface area contributed by atoms with E-state index in [1.54, 1.807) is 35.4 Å². The number of nitrogens with zero attached hydrogens (tertiary/aromatic N) is 3. The van der Waals surface area contributed by atoms with Gasteiger partial charge in [0.15, 0.2) is 5.13 Å². The minimum atomic E-state index is -0.0811. The van der Waals surface area contributed by atoms with Gasteiger partial charge in [0.05, 0.1) is 6.54 Å². The highest BCUT2D eigenvalue weighted by atomic mass is 35.5. The van der Waals surface area contributed by atoms with Crippen molar-refractivity contribution in [1.29, 1.82) is 0 Å². The van der Waals surface area contributed by atoms with Gasteiger partial charge >= 0.3 is 0 Å². The molecule has 1 aromatic heterocycles. The first-order valence-electron chi connectivity index (χ1n) is 7.58. The maximum atomic E-state index is 12.4. The highest BCUT2D eigenvalue weighted by Gasteiger charge is 2.23. The van der Waals surface area contributed by atoms with E-state index in [0.717, 1.165) is 0 Å². The molecule has 24 heavy (non-hydrogen) atoms. The van der Waals surface area contributed by atoms with Crippen LogP contribution in [0.5, 0.6) is 0 Å². The molecule has 8 heteroatoms. The van der Waals surface area contributed by atoms with Gasteiger partial charge in [-0.3, -0.25) is 14.5 Å². The van der Waals surface area contributed by atoms with Crippen LogP contribution < -0.4 is 5.32 Å². The number of hydrogen-bond donors (Lipinski definition) is 1. The molecule has 2 amide bonds. The summed E-state index contributed by atoms with van der Waals surface area (Å²) in [6.07, 6.45) is 1.65. The van der Waals surface area contributed by atoms with Crippen LogP contribution in [-0.2, 0) is 4.79 Å². The van der Waals surface area contributed by atoms with Crippen LogP contribution in [0.3, 0.4) is 0 Å². The number of carbonyl (C=O) groups excluding carboxylic acids is 2. The Hall–Kier alpha value is -1.96. The van der Waals surface area contributed by atoms with Gasteiger partial charge in [-0.1, -0.05) is 11.6 Å². The molecule has 0 aliphatic carbocycles. The van der Waals surface area contributed by atoms with E-state index in [4.69, 9.17) is 11.6 Å². The number of halogens is 1. The highest BCUT2D eigenvalue weighted by molar-refractivity contribution is 7.13. The summed E-state index contributed by atoms with van der Waals surface area (Å²) >= 11 is 7.24. The van der Waals surface area contributed by atoms with Crippen LogP contribution in [-0.4, -0.2) is 59.3 Å². The van der Waals surface area contributed by atoms with Crippen molar-refractivity contribution in [2.45, 2.75) is 0 Å². The molecule has 126 valence electrons. The number of rotatable bonds is 4. The van der Waals surface area contributed by atoms with Crippen molar-refractivity contribution in [3.8, 4) is 0 Å². The largest absolute Gasteiger partial charge is 0.336 e. The van der Waals surface area contributed by atoms with Crippen molar-refractivity contribution in [2.75, 3.05) is 38.0 Å². The third kappa shape index (κ3) is 4.31. The van der Waals surface area contributed by atoms with Gasteiger partial charge in [0.1, 0.15) is 0 Å². The lowest BCUT2D eigenvalue weighted by Gasteiger charge is -2.34. The second-order valence-electron chi connectivity index (χ2n) is 5.46. The number of nitrogens with one attached hydrogen (secondary N) is 1. The molecule has 6 nitrogen and oxygen atoms in total. The fraction of sp³-hybridized carbons (Fsp3) is 0.312. The summed E-state index contributed by atoms with van der Waals surface area (Å²) in [6.45, 7) is 2.86. The summed E-state index contributed by atoms with van der Waals surface area (Å²) in [7, 11) is 0. The topological polar surface area (TPSA) is 65.5 Å². The molecule has 0 atom stereocenters. The Morgan fingerprint density at radius 1 is 1.17 bits per heavy atom. The smallest absolute Gasteiger partial charge is 0.253 e. The predicted octanol–water partition coefficient (Wildman–Crippen LogP) is 2.19. The lowest BCUT2D eigenvalue weighted by Crippen LogP contribution is -2.50. The normalized spacial score (nSPS) is 15.3. The number of hydrogen-bond acceptors (Lipinski definition) is 5. The molecular weight excluding hydrogens is 348 g/mol. The van der Waals surface area contributed by atoms with E-state index >= 15 is 0 Å². The molecule has 1 aliphatic rings. The van der Waals surface area contributed by atoms with E-state index < -0.39 is 0 Å². The fourth-order valence-electron chi connectivity index (χ4n) is 2.53. The second-order valence-corrected chi connectivity index (χ2v) is 6.79. The standard InChI is InChI=1S/C16H17ClN4O2S/c17-13-3-1-12(2-4-13)15(23)21-8-6-20(7-9-21)11-14(22)19-16-18-5-10-24-16/h1-5,10H,6-9,11H2,(H,18,19,22). The summed E-state index contributed by atoms with van der Waals surface area (Å²) in [6, 6.07) is 6.90. The van der Waals surface area contributed by atoms with Gasteiger partial charge < -0.3 is 10.2 Å². The number of aromatic nitrogens is 1. The molecule has 1 N–H and O–H groups in total. The number of anilines is 1. The SMILES string of the molecule is O=C(CN1CCN(C(=O)c2ccc(Cl)cc2)CC1)Nc1nccs1. The lowest BCUT2D eigenvalue weighted by molar-refractivity contribution is -0.117. The summed E-state index contributed by atoms with van der Waals surface area (Å²) in [5.41, 5.74) is 0.634. The van der Waals surface area contributed by atoms with E-state index in [9.17, 15) is 9.59 Å². The third-order valence-electron chi connectivity index (χ3n) is 3.80. The molecule has 0 saturated carbocycles. The van der Waals surface area contributed by atoms with Crippen LogP contribution in [0.4, 0.5) is 5.13 Å². The Bertz CT molecular complexity index is 697. The zero-order valence-electron chi connectivity index (χ0n) is 12.9. The molecule has 1 saturated heterocycles. The first kappa shape index (κ1) is 16.9. The first-order chi connectivity index (χ1) is 11.6.